The molecule has 3 heterocycles. The zero-order chi connectivity index (χ0) is 22.7. The number of nitrogens with zero attached hydrogens (tertiary/aromatic N) is 5. The molecular weight excluding hydrogens is 434 g/mol. The van der Waals surface area contributed by atoms with Gasteiger partial charge >= 0.3 is 0 Å². The molecule has 0 spiro atoms. The van der Waals surface area contributed by atoms with Crippen LogP contribution in [-0.2, 0) is 19.6 Å². The van der Waals surface area contributed by atoms with E-state index in [0.717, 1.165) is 10.7 Å². The lowest BCUT2D eigenvalue weighted by atomic mass is 10.3. The molecule has 1 saturated heterocycles. The van der Waals surface area contributed by atoms with Gasteiger partial charge in [-0.25, -0.2) is 28.1 Å². The Morgan fingerprint density at radius 3 is 2.38 bits per heavy atom. The van der Waals surface area contributed by atoms with Gasteiger partial charge < -0.3 is 5.32 Å². The van der Waals surface area contributed by atoms with Crippen LogP contribution in [0.3, 0.4) is 0 Å². The van der Waals surface area contributed by atoms with Gasteiger partial charge in [0, 0.05) is 44.4 Å². The number of sulfonamides is 1. The highest BCUT2D eigenvalue weighted by molar-refractivity contribution is 7.89. The van der Waals surface area contributed by atoms with E-state index in [2.05, 4.69) is 25.0 Å². The van der Waals surface area contributed by atoms with Crippen LogP contribution in [-0.4, -0.2) is 52.8 Å². The quantitative estimate of drug-likeness (QED) is 0.379. The molecule has 4 rings (SSSR count). The third-order valence-corrected chi connectivity index (χ3v) is 6.38. The van der Waals surface area contributed by atoms with E-state index in [1.165, 1.54) is 30.6 Å². The summed E-state index contributed by atoms with van der Waals surface area (Å²) in [4.78, 5) is 37.3. The Hall–Kier alpha value is -3.64. The average molecular weight is 456 g/mol. The smallest absolute Gasteiger partial charge is 0.240 e. The fraction of sp³-hybridized carbons (Fsp3) is 0.250. The molecule has 1 aliphatic heterocycles. The number of imide groups is 1. The van der Waals surface area contributed by atoms with Crippen molar-refractivity contribution in [3.63, 3.8) is 0 Å². The number of rotatable bonds is 8. The van der Waals surface area contributed by atoms with Gasteiger partial charge in [-0.15, -0.1) is 0 Å². The number of imidazole rings is 1. The van der Waals surface area contributed by atoms with E-state index in [4.69, 9.17) is 0 Å². The van der Waals surface area contributed by atoms with Crippen LogP contribution in [0.25, 0.3) is 5.82 Å². The van der Waals surface area contributed by atoms with Crippen molar-refractivity contribution in [2.45, 2.75) is 24.7 Å². The Morgan fingerprint density at radius 1 is 1.00 bits per heavy atom. The number of aryl methyl sites for hydroxylation is 1. The van der Waals surface area contributed by atoms with Crippen LogP contribution >= 0.6 is 0 Å². The van der Waals surface area contributed by atoms with Crippen LogP contribution in [0.4, 0.5) is 11.5 Å². The molecule has 2 N–H and O–H groups in total. The lowest BCUT2D eigenvalue weighted by molar-refractivity contribution is -0.121. The predicted molar refractivity (Wildman–Crippen MR) is 116 cm³/mol. The molecule has 32 heavy (non-hydrogen) atoms. The monoisotopic (exact) mass is 455 g/mol. The molecule has 0 atom stereocenters. The summed E-state index contributed by atoms with van der Waals surface area (Å²) < 4.78 is 29.4. The summed E-state index contributed by atoms with van der Waals surface area (Å²) in [5.74, 6) is 1.41. The molecule has 0 saturated carbocycles. The van der Waals surface area contributed by atoms with Crippen molar-refractivity contribution < 1.29 is 18.0 Å². The molecule has 1 aromatic carbocycles. The third kappa shape index (κ3) is 4.50. The highest BCUT2D eigenvalue weighted by Crippen LogP contribution is 2.23. The topological polar surface area (TPSA) is 139 Å². The van der Waals surface area contributed by atoms with Crippen LogP contribution in [0.2, 0.25) is 0 Å². The highest BCUT2D eigenvalue weighted by atomic mass is 32.2. The Bertz CT molecular complexity index is 1240. The summed E-state index contributed by atoms with van der Waals surface area (Å²) in [6.07, 6.45) is 5.22. The minimum atomic E-state index is -3.75. The minimum absolute atomic E-state index is 0.0419. The van der Waals surface area contributed by atoms with Crippen molar-refractivity contribution in [2.24, 2.45) is 0 Å². The van der Waals surface area contributed by atoms with Crippen LogP contribution in [0, 0.1) is 6.92 Å². The first-order chi connectivity index (χ1) is 15.3. The average Bonchev–Trinajstić information content (AvgIpc) is 3.36. The van der Waals surface area contributed by atoms with Crippen molar-refractivity contribution >= 4 is 33.3 Å². The molecular formula is C20H21N7O4S. The molecule has 12 heteroatoms. The van der Waals surface area contributed by atoms with Crippen LogP contribution in [0.5, 0.6) is 0 Å². The molecule has 11 nitrogen and oxygen atoms in total. The van der Waals surface area contributed by atoms with Gasteiger partial charge in [0.1, 0.15) is 23.8 Å². The maximum atomic E-state index is 12.5. The van der Waals surface area contributed by atoms with Gasteiger partial charge in [-0.1, -0.05) is 0 Å². The summed E-state index contributed by atoms with van der Waals surface area (Å²) in [6.45, 7) is 2.28. The Balaban J connectivity index is 1.33. The van der Waals surface area contributed by atoms with Gasteiger partial charge in [0.05, 0.1) is 10.6 Å². The summed E-state index contributed by atoms with van der Waals surface area (Å²) in [5.41, 5.74) is 0.366. The predicted octanol–water partition coefficient (Wildman–Crippen LogP) is 1.01. The Morgan fingerprint density at radius 2 is 1.72 bits per heavy atom. The van der Waals surface area contributed by atoms with Gasteiger partial charge in [-0.05, 0) is 31.2 Å². The van der Waals surface area contributed by atoms with Crippen LogP contribution in [0.15, 0.2) is 53.9 Å². The van der Waals surface area contributed by atoms with Crippen molar-refractivity contribution in [3.8, 4) is 5.82 Å². The molecule has 2 amide bonds. The normalized spacial score (nSPS) is 14.2. The maximum absolute atomic E-state index is 12.5. The summed E-state index contributed by atoms with van der Waals surface area (Å²) in [5, 5.41) is 3.05. The van der Waals surface area contributed by atoms with Gasteiger partial charge in [0.2, 0.25) is 21.8 Å². The second-order valence-corrected chi connectivity index (χ2v) is 8.81. The number of carbonyl (C=O) groups excluding carboxylic acids is 2. The van der Waals surface area contributed by atoms with E-state index < -0.39 is 10.0 Å². The fourth-order valence-corrected chi connectivity index (χ4v) is 4.33. The first-order valence-corrected chi connectivity index (χ1v) is 11.4. The first kappa shape index (κ1) is 21.6. The van der Waals surface area contributed by atoms with Crippen LogP contribution in [0.1, 0.15) is 18.7 Å². The number of nitrogens with one attached hydrogen (secondary N) is 2. The van der Waals surface area contributed by atoms with E-state index in [0.29, 0.717) is 23.9 Å². The number of carbonyl (C=O) groups is 2. The van der Waals surface area contributed by atoms with E-state index in [-0.39, 0.29) is 36.1 Å². The molecule has 1 fully saturated rings. The third-order valence-electron chi connectivity index (χ3n) is 4.91. The standard InChI is InChI=1S/C20H21N7O4S/c1-14-21-10-11-26(14)18-12-17(23-13-24-18)22-8-9-25-32(30,31)16-4-2-15(3-5-16)27-19(28)6-7-20(27)29/h2-5,10-13,25H,6-9H2,1H3,(H,22,23,24). The zero-order valence-electron chi connectivity index (χ0n) is 17.2. The second kappa shape index (κ2) is 8.85. The van der Waals surface area contributed by atoms with Gasteiger partial charge in [-0.2, -0.15) is 0 Å². The number of benzene rings is 1. The van der Waals surface area contributed by atoms with E-state index in [9.17, 15) is 18.0 Å². The highest BCUT2D eigenvalue weighted by Gasteiger charge is 2.30. The molecule has 1 aliphatic rings. The van der Waals surface area contributed by atoms with E-state index in [1.807, 2.05) is 11.5 Å². The molecule has 0 bridgehead atoms. The van der Waals surface area contributed by atoms with Crippen molar-refractivity contribution in [1.29, 1.82) is 0 Å². The number of hydrogen-bond donors (Lipinski definition) is 2. The molecule has 166 valence electrons. The van der Waals surface area contributed by atoms with E-state index >= 15 is 0 Å². The second-order valence-electron chi connectivity index (χ2n) is 7.05. The van der Waals surface area contributed by atoms with Gasteiger partial charge in [0.15, 0.2) is 0 Å². The summed E-state index contributed by atoms with van der Waals surface area (Å²) in [7, 11) is -3.75. The zero-order valence-corrected chi connectivity index (χ0v) is 18.0. The Labute approximate surface area is 184 Å². The molecule has 0 unspecified atom stereocenters. The molecule has 3 aromatic rings. The molecule has 0 radical (unpaired) electrons. The van der Waals surface area contributed by atoms with Crippen LogP contribution < -0.4 is 14.9 Å². The Kier molecular flexibility index (Phi) is 5.97. The first-order valence-electron chi connectivity index (χ1n) is 9.87. The number of hydrogen-bond acceptors (Lipinski definition) is 8. The summed E-state index contributed by atoms with van der Waals surface area (Å²) >= 11 is 0. The van der Waals surface area contributed by atoms with E-state index in [1.54, 1.807) is 18.5 Å². The van der Waals surface area contributed by atoms with Crippen molar-refractivity contribution in [2.75, 3.05) is 23.3 Å². The SMILES string of the molecule is Cc1nccn1-c1cc(NCCNS(=O)(=O)c2ccc(N3C(=O)CCC3=O)cc2)ncn1. The van der Waals surface area contributed by atoms with Crippen molar-refractivity contribution in [3.05, 3.63) is 54.9 Å². The minimum Gasteiger partial charge on any atom is -0.369 e. The fourth-order valence-electron chi connectivity index (χ4n) is 3.29. The summed E-state index contributed by atoms with van der Waals surface area (Å²) in [6, 6.07) is 7.38. The number of aromatic nitrogens is 4. The number of amides is 2. The largest absolute Gasteiger partial charge is 0.369 e. The number of anilines is 2. The van der Waals surface area contributed by atoms with Gasteiger partial charge in [0.25, 0.3) is 0 Å². The lowest BCUT2D eigenvalue weighted by Crippen LogP contribution is -2.30. The molecule has 2 aromatic heterocycles. The maximum Gasteiger partial charge on any atom is 0.240 e. The van der Waals surface area contributed by atoms with Crippen molar-refractivity contribution in [1.82, 2.24) is 24.2 Å². The lowest BCUT2D eigenvalue weighted by Gasteiger charge is -2.14. The van der Waals surface area contributed by atoms with Gasteiger partial charge in [-0.3, -0.25) is 19.1 Å². The molecule has 0 aliphatic carbocycles.